The zero-order valence-electron chi connectivity index (χ0n) is 28.2. The summed E-state index contributed by atoms with van der Waals surface area (Å²) in [7, 11) is 1.55. The topological polar surface area (TPSA) is 156 Å². The molecule has 12 nitrogen and oxygen atoms in total. The number of hydrogen-bond acceptors (Lipinski definition) is 9. The molecule has 3 N–H and O–H groups in total. The second-order valence-electron chi connectivity index (χ2n) is 12.1. The van der Waals surface area contributed by atoms with Crippen molar-refractivity contribution in [3.05, 3.63) is 87.6 Å². The first-order valence-corrected chi connectivity index (χ1v) is 17.4. The molecule has 13 heteroatoms. The van der Waals surface area contributed by atoms with Crippen molar-refractivity contribution in [2.75, 3.05) is 26.8 Å². The lowest BCUT2D eigenvalue weighted by molar-refractivity contribution is -0.129. The fourth-order valence-electron chi connectivity index (χ4n) is 5.92. The molecule has 0 fully saturated rings. The Kier molecular flexibility index (Phi) is 10.6. The number of methoxy groups -OCH3 is 1. The smallest absolute Gasteiger partial charge is 0.254 e. The number of nitrogens with zero attached hydrogens (tertiary/aromatic N) is 2. The molecule has 3 amide bonds. The molecular formula is C37H39N5O7S. The first kappa shape index (κ1) is 34.4. The number of hydrogen-bond donors (Lipinski definition) is 3. The summed E-state index contributed by atoms with van der Waals surface area (Å²) in [6.45, 7) is 4.30. The number of para-hydroxylation sites is 1. The molecule has 0 saturated carbocycles. The molecular weight excluding hydrogens is 659 g/mol. The van der Waals surface area contributed by atoms with Crippen LogP contribution in [0.1, 0.15) is 63.2 Å². The number of thiophene rings is 1. The largest absolute Gasteiger partial charge is 0.493 e. The van der Waals surface area contributed by atoms with Gasteiger partial charge in [0.15, 0.2) is 17.3 Å². The van der Waals surface area contributed by atoms with Crippen LogP contribution in [0.4, 0.5) is 0 Å². The molecule has 3 aromatic heterocycles. The number of amides is 3. The fourth-order valence-corrected chi connectivity index (χ4v) is 6.71. The van der Waals surface area contributed by atoms with Crippen molar-refractivity contribution >= 4 is 45.7 Å². The van der Waals surface area contributed by atoms with Crippen molar-refractivity contribution in [3.8, 4) is 23.0 Å². The number of aromatic nitrogens is 2. The van der Waals surface area contributed by atoms with Crippen LogP contribution in [0.3, 0.4) is 0 Å². The van der Waals surface area contributed by atoms with Gasteiger partial charge in [-0.1, -0.05) is 18.2 Å². The van der Waals surface area contributed by atoms with Crippen molar-refractivity contribution in [2.45, 2.75) is 52.1 Å². The SMILES string of the molecule is COc1cc2ccc1OCCCN(C(=O)c1csc(C(C)=O)c1)CCCC(=O)N[C@@H](Cc1c[nH]c3ccccc13)C(=O)NCc1nc-2oc1C. The number of nitrogens with one attached hydrogen (secondary N) is 3. The number of ether oxygens (including phenoxy) is 2. The molecule has 5 aromatic rings. The van der Waals surface area contributed by atoms with E-state index in [1.807, 2.05) is 36.5 Å². The van der Waals surface area contributed by atoms with Crippen LogP contribution in [0.25, 0.3) is 22.4 Å². The number of rotatable bonds is 5. The lowest BCUT2D eigenvalue weighted by Crippen LogP contribution is -2.48. The third kappa shape index (κ3) is 7.89. The molecule has 2 aliphatic rings. The predicted octanol–water partition coefficient (Wildman–Crippen LogP) is 5.45. The summed E-state index contributed by atoms with van der Waals surface area (Å²) in [5, 5.41) is 8.52. The average molecular weight is 698 g/mol. The maximum absolute atomic E-state index is 13.7. The Balaban J connectivity index is 1.27. The Labute approximate surface area is 293 Å². The van der Waals surface area contributed by atoms with E-state index in [1.165, 1.54) is 18.3 Å². The minimum Gasteiger partial charge on any atom is -0.493 e. The van der Waals surface area contributed by atoms with Gasteiger partial charge in [0.2, 0.25) is 17.7 Å². The van der Waals surface area contributed by atoms with Crippen LogP contribution < -0.4 is 20.1 Å². The number of oxazole rings is 1. The van der Waals surface area contributed by atoms with Crippen LogP contribution in [0.15, 0.2) is 64.5 Å². The van der Waals surface area contributed by atoms with Crippen LogP contribution >= 0.6 is 11.3 Å². The Morgan fingerprint density at radius 1 is 1.10 bits per heavy atom. The second-order valence-corrected chi connectivity index (χ2v) is 13.1. The number of carbonyl (C=O) groups excluding carboxylic acids is 4. The highest BCUT2D eigenvalue weighted by atomic mass is 32.1. The molecule has 50 heavy (non-hydrogen) atoms. The van der Waals surface area contributed by atoms with E-state index in [0.717, 1.165) is 16.5 Å². The van der Waals surface area contributed by atoms with Crippen LogP contribution in [0, 0.1) is 6.92 Å². The maximum Gasteiger partial charge on any atom is 0.254 e. The average Bonchev–Trinajstić information content (AvgIpc) is 3.86. The van der Waals surface area contributed by atoms with Gasteiger partial charge in [-0.25, -0.2) is 4.98 Å². The summed E-state index contributed by atoms with van der Waals surface area (Å²) in [5.41, 5.74) is 3.48. The number of aromatic amines is 1. The molecule has 4 bridgehead atoms. The first-order chi connectivity index (χ1) is 24.2. The molecule has 260 valence electrons. The summed E-state index contributed by atoms with van der Waals surface area (Å²) >= 11 is 1.23. The summed E-state index contributed by atoms with van der Waals surface area (Å²) in [6, 6.07) is 13.9. The molecule has 5 heterocycles. The van der Waals surface area contributed by atoms with Crippen LogP contribution in [-0.4, -0.2) is 71.2 Å². The van der Waals surface area contributed by atoms with Gasteiger partial charge in [-0.15, -0.1) is 11.3 Å². The zero-order valence-corrected chi connectivity index (χ0v) is 29.0. The van der Waals surface area contributed by atoms with Gasteiger partial charge >= 0.3 is 0 Å². The molecule has 7 rings (SSSR count). The van der Waals surface area contributed by atoms with Gasteiger partial charge < -0.3 is 34.4 Å². The maximum atomic E-state index is 13.7. The highest BCUT2D eigenvalue weighted by Gasteiger charge is 2.25. The van der Waals surface area contributed by atoms with Crippen LogP contribution in [0.2, 0.25) is 0 Å². The Morgan fingerprint density at radius 3 is 2.72 bits per heavy atom. The monoisotopic (exact) mass is 697 g/mol. The molecule has 2 aliphatic heterocycles. The Hall–Kier alpha value is -5.43. The van der Waals surface area contributed by atoms with Gasteiger partial charge in [-0.2, -0.15) is 0 Å². The summed E-state index contributed by atoms with van der Waals surface area (Å²) < 4.78 is 17.6. The van der Waals surface area contributed by atoms with Crippen LogP contribution in [-0.2, 0) is 22.6 Å². The zero-order chi connectivity index (χ0) is 35.2. The highest BCUT2D eigenvalue weighted by Crippen LogP contribution is 2.33. The van der Waals surface area contributed by atoms with E-state index in [-0.39, 0.29) is 42.9 Å². The minimum atomic E-state index is -0.870. The number of fused-ring (bicyclic) bond motifs is 16. The molecule has 0 spiro atoms. The number of Topliss-reactive ketones (excluding diaryl/α,β-unsaturated/α-hetero) is 1. The lowest BCUT2D eigenvalue weighted by Gasteiger charge is -2.23. The number of carbonyl (C=O) groups is 4. The predicted molar refractivity (Wildman–Crippen MR) is 189 cm³/mol. The van der Waals surface area contributed by atoms with Crippen molar-refractivity contribution in [2.24, 2.45) is 0 Å². The van der Waals surface area contributed by atoms with E-state index in [9.17, 15) is 19.2 Å². The van der Waals surface area contributed by atoms with Crippen LogP contribution in [0.5, 0.6) is 11.5 Å². The van der Waals surface area contributed by atoms with Crippen molar-refractivity contribution in [1.29, 1.82) is 0 Å². The molecule has 0 radical (unpaired) electrons. The normalized spacial score (nSPS) is 16.3. The molecule has 1 atom stereocenters. The highest BCUT2D eigenvalue weighted by molar-refractivity contribution is 7.12. The summed E-state index contributed by atoms with van der Waals surface area (Å²) in [5.74, 6) is 0.924. The van der Waals surface area contributed by atoms with E-state index >= 15 is 0 Å². The molecule has 0 saturated heterocycles. The summed E-state index contributed by atoms with van der Waals surface area (Å²) in [6.07, 6.45) is 3.07. The summed E-state index contributed by atoms with van der Waals surface area (Å²) in [4.78, 5) is 62.6. The number of ketones is 1. The van der Waals surface area contributed by atoms with Gasteiger partial charge in [0.25, 0.3) is 5.91 Å². The first-order valence-electron chi connectivity index (χ1n) is 16.5. The third-order valence-corrected chi connectivity index (χ3v) is 9.66. The quantitative estimate of drug-likeness (QED) is 0.205. The van der Waals surface area contributed by atoms with Gasteiger partial charge in [-0.3, -0.25) is 19.2 Å². The molecule has 0 aliphatic carbocycles. The number of aryl methyl sites for hydroxylation is 1. The second kappa shape index (κ2) is 15.4. The Morgan fingerprint density at radius 2 is 1.92 bits per heavy atom. The van der Waals surface area contributed by atoms with E-state index in [2.05, 4.69) is 20.6 Å². The van der Waals surface area contributed by atoms with E-state index in [4.69, 9.17) is 13.9 Å². The standard InChI is InChI=1S/C37H39N5O7S/c1-22(43)33-18-26(21-50-33)37(46)42-13-6-10-34(44)40-29(16-25-19-38-28-9-5-4-8-27(25)28)35(45)39-20-30-23(2)49-36(41-30)24-11-12-31(32(17-24)47-3)48-15-7-14-42/h4-5,8-9,11-12,17-19,21,29,38H,6-7,10,13-16,20H2,1-3H3,(H,39,45)(H,40,44)/t29-/m0/s1. The fraction of sp³-hybridized carbons (Fsp3) is 0.324. The third-order valence-electron chi connectivity index (χ3n) is 8.63. The van der Waals surface area contributed by atoms with E-state index in [0.29, 0.717) is 77.4 Å². The minimum absolute atomic E-state index is 0.0926. The number of benzene rings is 2. The molecule has 0 unspecified atom stereocenters. The molecule has 2 aromatic carbocycles. The van der Waals surface area contributed by atoms with E-state index < -0.39 is 6.04 Å². The van der Waals surface area contributed by atoms with E-state index in [1.54, 1.807) is 42.5 Å². The number of H-pyrrole nitrogens is 1. The van der Waals surface area contributed by atoms with Gasteiger partial charge in [0.1, 0.15) is 17.5 Å². The van der Waals surface area contributed by atoms with Gasteiger partial charge in [0.05, 0.1) is 30.7 Å². The van der Waals surface area contributed by atoms with Crippen molar-refractivity contribution < 1.29 is 33.1 Å². The van der Waals surface area contributed by atoms with Gasteiger partial charge in [0, 0.05) is 54.0 Å². The van der Waals surface area contributed by atoms with Crippen molar-refractivity contribution in [1.82, 2.24) is 25.5 Å². The van der Waals surface area contributed by atoms with Crippen molar-refractivity contribution in [3.63, 3.8) is 0 Å². The lowest BCUT2D eigenvalue weighted by atomic mass is 10.0. The van der Waals surface area contributed by atoms with Gasteiger partial charge in [-0.05, 0) is 62.6 Å². The Bertz CT molecular complexity index is 2030.